The van der Waals surface area contributed by atoms with E-state index in [0.717, 1.165) is 36.3 Å². The maximum atomic E-state index is 12.0. The van der Waals surface area contributed by atoms with Crippen LogP contribution in [0.3, 0.4) is 0 Å². The highest BCUT2D eigenvalue weighted by molar-refractivity contribution is 5.80. The third kappa shape index (κ3) is 3.47. The molecule has 7 heteroatoms. The first-order valence-electron chi connectivity index (χ1n) is 10.6. The number of carbonyl (C=O) groups is 1. The van der Waals surface area contributed by atoms with Crippen LogP contribution in [0.4, 0.5) is 0 Å². The van der Waals surface area contributed by atoms with Crippen molar-refractivity contribution in [3.05, 3.63) is 54.4 Å². The molecular weight excluding hydrogens is 376 g/mol. The number of nitrogens with zero attached hydrogens (tertiary/aromatic N) is 5. The monoisotopic (exact) mass is 406 g/mol. The number of Topliss-reactive ketones (excluding diaryl/α,β-unsaturated/α-hetero) is 1. The number of allylic oxidation sites excluding steroid dienone is 1. The molecule has 3 unspecified atom stereocenters. The van der Waals surface area contributed by atoms with Crippen LogP contribution in [0.5, 0.6) is 0 Å². The Morgan fingerprint density at radius 2 is 2.00 bits per heavy atom. The van der Waals surface area contributed by atoms with Gasteiger partial charge in [-0.2, -0.15) is 5.43 Å². The number of carbonyl (C=O) groups excluding carboxylic acids is 1. The van der Waals surface area contributed by atoms with Crippen molar-refractivity contribution in [2.75, 3.05) is 7.05 Å². The predicted molar refractivity (Wildman–Crippen MR) is 116 cm³/mol. The quantitative estimate of drug-likeness (QED) is 0.740. The Bertz CT molecular complexity index is 966. The molecule has 0 radical (unpaired) electrons. The highest BCUT2D eigenvalue weighted by atomic mass is 16.1. The van der Waals surface area contributed by atoms with E-state index in [1.807, 2.05) is 32.2 Å². The largest absolute Gasteiger partial charge is 0.300 e. The summed E-state index contributed by atoms with van der Waals surface area (Å²) < 4.78 is 2.20. The number of hydrogen-bond donors (Lipinski definition) is 1. The second-order valence-corrected chi connectivity index (χ2v) is 8.50. The van der Waals surface area contributed by atoms with Crippen molar-refractivity contribution in [1.82, 2.24) is 20.1 Å². The standard InChI is InChI=1S/C20H24N6O.C3H6/c1-20-11-10-15(27)12-14(20)8-9-16-17(20)21-18(13-6-4-3-5-7-13)26(16)19-22-24-25(2)23-19;1-3-2/h3-7,14,19,23H,8-12H2,1-2H3;3H,1H2,2H3. The van der Waals surface area contributed by atoms with Crippen LogP contribution in [-0.2, 0) is 16.6 Å². The Balaban J connectivity index is 0.000000687. The van der Waals surface area contributed by atoms with E-state index in [1.165, 1.54) is 5.69 Å². The zero-order chi connectivity index (χ0) is 21.3. The SMILES string of the molecule is C=CC.CN1N=NC(n2c(-c3ccccc3)nc3c2CCC2CC(=O)CCC32C)N1. The molecule has 3 aliphatic rings. The minimum Gasteiger partial charge on any atom is -0.300 e. The molecule has 1 N–H and O–H groups in total. The smallest absolute Gasteiger partial charge is 0.221 e. The molecule has 0 bridgehead atoms. The summed E-state index contributed by atoms with van der Waals surface area (Å²) in [6.07, 6.45) is 5.63. The molecule has 1 aromatic carbocycles. The average Bonchev–Trinajstić information content (AvgIpc) is 3.34. The van der Waals surface area contributed by atoms with Gasteiger partial charge in [0.15, 0.2) is 0 Å². The van der Waals surface area contributed by atoms with Crippen LogP contribution in [0, 0.1) is 5.92 Å². The summed E-state index contributed by atoms with van der Waals surface area (Å²) in [6.45, 7) is 7.55. The normalized spacial score (nSPS) is 27.2. The van der Waals surface area contributed by atoms with E-state index in [1.54, 1.807) is 11.2 Å². The lowest BCUT2D eigenvalue weighted by Gasteiger charge is -2.43. The lowest BCUT2D eigenvalue weighted by molar-refractivity contribution is -0.123. The molecule has 1 fully saturated rings. The van der Waals surface area contributed by atoms with Crippen LogP contribution in [0.1, 0.15) is 57.2 Å². The fourth-order valence-corrected chi connectivity index (χ4v) is 4.92. The number of ketones is 1. The van der Waals surface area contributed by atoms with Gasteiger partial charge in [0, 0.05) is 36.6 Å². The fraction of sp³-hybridized carbons (Fsp3) is 0.478. The lowest BCUT2D eigenvalue weighted by Crippen LogP contribution is -2.42. The summed E-state index contributed by atoms with van der Waals surface area (Å²) in [4.78, 5) is 17.2. The maximum Gasteiger partial charge on any atom is 0.221 e. The number of rotatable bonds is 2. The Hall–Kier alpha value is -2.80. The first-order chi connectivity index (χ1) is 14.5. The highest BCUT2D eigenvalue weighted by Gasteiger charge is 2.47. The number of nitrogens with one attached hydrogen (secondary N) is 1. The van der Waals surface area contributed by atoms with Crippen molar-refractivity contribution >= 4 is 5.78 Å². The Labute approximate surface area is 177 Å². The summed E-state index contributed by atoms with van der Waals surface area (Å²) in [5, 5.41) is 10.2. The molecule has 1 aliphatic heterocycles. The van der Waals surface area contributed by atoms with E-state index in [9.17, 15) is 4.79 Å². The summed E-state index contributed by atoms with van der Waals surface area (Å²) in [7, 11) is 1.85. The van der Waals surface area contributed by atoms with Crippen molar-refractivity contribution in [3.63, 3.8) is 0 Å². The number of benzene rings is 1. The van der Waals surface area contributed by atoms with Crippen molar-refractivity contribution in [2.45, 2.75) is 57.7 Å². The van der Waals surface area contributed by atoms with Crippen LogP contribution < -0.4 is 5.43 Å². The first kappa shape index (κ1) is 20.5. The zero-order valence-electron chi connectivity index (χ0n) is 18.0. The van der Waals surface area contributed by atoms with Gasteiger partial charge in [-0.25, -0.2) is 10.1 Å². The van der Waals surface area contributed by atoms with Gasteiger partial charge in [0.05, 0.1) is 5.69 Å². The summed E-state index contributed by atoms with van der Waals surface area (Å²) >= 11 is 0. The van der Waals surface area contributed by atoms with E-state index in [4.69, 9.17) is 4.98 Å². The minimum absolute atomic E-state index is 0.0437. The Morgan fingerprint density at radius 1 is 1.27 bits per heavy atom. The number of hydrazine groups is 1. The van der Waals surface area contributed by atoms with Crippen LogP contribution in [0.25, 0.3) is 11.4 Å². The van der Waals surface area contributed by atoms with Gasteiger partial charge < -0.3 is 0 Å². The van der Waals surface area contributed by atoms with Gasteiger partial charge in [0.2, 0.25) is 6.29 Å². The third-order valence-electron chi connectivity index (χ3n) is 6.45. The molecular formula is C23H30N6O. The molecule has 3 atom stereocenters. The molecule has 0 amide bonds. The second-order valence-electron chi connectivity index (χ2n) is 8.50. The zero-order valence-corrected chi connectivity index (χ0v) is 18.0. The molecule has 7 nitrogen and oxygen atoms in total. The molecule has 0 spiro atoms. The highest BCUT2D eigenvalue weighted by Crippen LogP contribution is 2.50. The molecule has 2 aliphatic carbocycles. The van der Waals surface area contributed by atoms with E-state index in [2.05, 4.69) is 46.0 Å². The van der Waals surface area contributed by atoms with E-state index in [0.29, 0.717) is 24.5 Å². The van der Waals surface area contributed by atoms with Gasteiger partial charge in [-0.1, -0.05) is 48.6 Å². The molecule has 1 saturated carbocycles. The van der Waals surface area contributed by atoms with Crippen LogP contribution in [0.2, 0.25) is 0 Å². The summed E-state index contributed by atoms with van der Waals surface area (Å²) in [5.41, 5.74) is 6.69. The van der Waals surface area contributed by atoms with Gasteiger partial charge in [0.25, 0.3) is 0 Å². The first-order valence-corrected chi connectivity index (χ1v) is 10.6. The van der Waals surface area contributed by atoms with Gasteiger partial charge in [-0.15, -0.1) is 11.7 Å². The molecule has 5 rings (SSSR count). The second kappa shape index (κ2) is 8.14. The maximum absolute atomic E-state index is 12.0. The molecule has 1 aromatic heterocycles. The number of hydrogen-bond acceptors (Lipinski definition) is 6. The van der Waals surface area contributed by atoms with Gasteiger partial charge in [-0.3, -0.25) is 9.36 Å². The summed E-state index contributed by atoms with van der Waals surface area (Å²) in [6, 6.07) is 10.3. The van der Waals surface area contributed by atoms with Crippen molar-refractivity contribution in [1.29, 1.82) is 0 Å². The molecule has 30 heavy (non-hydrogen) atoms. The number of imidazole rings is 1. The predicted octanol–water partition coefficient (Wildman–Crippen LogP) is 4.59. The Kier molecular flexibility index (Phi) is 5.56. The molecule has 0 saturated heterocycles. The fourth-order valence-electron chi connectivity index (χ4n) is 4.92. The van der Waals surface area contributed by atoms with Crippen LogP contribution in [0.15, 0.2) is 53.3 Å². The average molecular weight is 407 g/mol. The summed E-state index contributed by atoms with van der Waals surface area (Å²) in [5.74, 6) is 1.71. The van der Waals surface area contributed by atoms with Gasteiger partial charge in [0.1, 0.15) is 11.6 Å². The van der Waals surface area contributed by atoms with Crippen LogP contribution >= 0.6 is 0 Å². The van der Waals surface area contributed by atoms with E-state index in [-0.39, 0.29) is 11.7 Å². The third-order valence-corrected chi connectivity index (χ3v) is 6.45. The topological polar surface area (TPSA) is 74.9 Å². The van der Waals surface area contributed by atoms with Crippen molar-refractivity contribution in [3.8, 4) is 11.4 Å². The Morgan fingerprint density at radius 3 is 2.67 bits per heavy atom. The van der Waals surface area contributed by atoms with Crippen molar-refractivity contribution in [2.24, 2.45) is 16.3 Å². The lowest BCUT2D eigenvalue weighted by atomic mass is 9.60. The van der Waals surface area contributed by atoms with E-state index < -0.39 is 0 Å². The number of aromatic nitrogens is 2. The van der Waals surface area contributed by atoms with Crippen molar-refractivity contribution < 1.29 is 4.79 Å². The van der Waals surface area contributed by atoms with Crippen LogP contribution in [-0.4, -0.2) is 27.5 Å². The minimum atomic E-state index is -0.285. The van der Waals surface area contributed by atoms with E-state index >= 15 is 0 Å². The molecule has 2 heterocycles. The van der Waals surface area contributed by atoms with Gasteiger partial charge >= 0.3 is 0 Å². The van der Waals surface area contributed by atoms with Gasteiger partial charge in [-0.05, 0) is 32.1 Å². The number of fused-ring (bicyclic) bond motifs is 3. The molecule has 158 valence electrons. The molecule has 2 aromatic rings.